The zero-order valence-corrected chi connectivity index (χ0v) is 9.94. The molecule has 80 valence electrons. The molecule has 1 heterocycles. The molecule has 1 aliphatic carbocycles. The van der Waals surface area contributed by atoms with Crippen molar-refractivity contribution in [1.29, 1.82) is 0 Å². The monoisotopic (exact) mass is 212 g/mol. The smallest absolute Gasteiger partial charge is 0.169 e. The Kier molecular flexibility index (Phi) is 2.96. The summed E-state index contributed by atoms with van der Waals surface area (Å²) in [6.45, 7) is 6.64. The quantitative estimate of drug-likeness (QED) is 0.705. The highest BCUT2D eigenvalue weighted by molar-refractivity contribution is 7.80. The van der Waals surface area contributed by atoms with Crippen molar-refractivity contribution in [2.45, 2.75) is 39.2 Å². The van der Waals surface area contributed by atoms with Crippen LogP contribution in [-0.4, -0.2) is 29.1 Å². The molecule has 1 aliphatic heterocycles. The lowest BCUT2D eigenvalue weighted by Crippen LogP contribution is -2.45. The van der Waals surface area contributed by atoms with Crippen LogP contribution in [-0.2, 0) is 0 Å². The molecule has 2 atom stereocenters. The molecular weight excluding hydrogens is 192 g/mol. The van der Waals surface area contributed by atoms with Crippen molar-refractivity contribution in [2.75, 3.05) is 13.1 Å². The number of nitrogens with zero attached hydrogens (tertiary/aromatic N) is 1. The third-order valence-electron chi connectivity index (χ3n) is 3.33. The molecular formula is C11H20N2S. The third-order valence-corrected chi connectivity index (χ3v) is 3.71. The van der Waals surface area contributed by atoms with E-state index in [1.165, 1.54) is 25.8 Å². The van der Waals surface area contributed by atoms with Crippen LogP contribution >= 0.6 is 12.2 Å². The molecule has 0 radical (unpaired) electrons. The molecule has 1 saturated heterocycles. The molecule has 1 saturated carbocycles. The Bertz CT molecular complexity index is 227. The summed E-state index contributed by atoms with van der Waals surface area (Å²) in [5, 5.41) is 4.36. The van der Waals surface area contributed by atoms with Crippen LogP contribution in [0.2, 0.25) is 0 Å². The fraction of sp³-hybridized carbons (Fsp3) is 0.909. The third kappa shape index (κ3) is 2.02. The summed E-state index contributed by atoms with van der Waals surface area (Å²) >= 11 is 5.41. The molecule has 3 heteroatoms. The maximum absolute atomic E-state index is 5.41. The van der Waals surface area contributed by atoms with E-state index >= 15 is 0 Å². The summed E-state index contributed by atoms with van der Waals surface area (Å²) < 4.78 is 0. The van der Waals surface area contributed by atoms with Crippen molar-refractivity contribution in [1.82, 2.24) is 10.2 Å². The average Bonchev–Trinajstić information content (AvgIpc) is 2.74. The van der Waals surface area contributed by atoms with Gasteiger partial charge in [0.2, 0.25) is 0 Å². The molecule has 2 fully saturated rings. The number of piperidine rings is 1. The first-order valence-electron chi connectivity index (χ1n) is 5.71. The fourth-order valence-corrected chi connectivity index (χ4v) is 2.87. The number of hydrogen-bond donors (Lipinski definition) is 1. The van der Waals surface area contributed by atoms with E-state index in [9.17, 15) is 0 Å². The van der Waals surface area contributed by atoms with Crippen LogP contribution < -0.4 is 5.32 Å². The van der Waals surface area contributed by atoms with Gasteiger partial charge in [-0.2, -0.15) is 0 Å². The Morgan fingerprint density at radius 2 is 2.29 bits per heavy atom. The molecule has 2 unspecified atom stereocenters. The van der Waals surface area contributed by atoms with Crippen LogP contribution in [0.15, 0.2) is 0 Å². The Labute approximate surface area is 92.0 Å². The first kappa shape index (κ1) is 10.2. The lowest BCUT2D eigenvalue weighted by molar-refractivity contribution is 0.322. The minimum Gasteiger partial charge on any atom is -0.362 e. The van der Waals surface area contributed by atoms with Gasteiger partial charge in [-0.25, -0.2) is 0 Å². The summed E-state index contributed by atoms with van der Waals surface area (Å²) in [7, 11) is 0. The number of fused-ring (bicyclic) bond motifs is 2. The van der Waals surface area contributed by atoms with Crippen LogP contribution in [0, 0.1) is 11.8 Å². The SMILES string of the molecule is CC(C)CNC(=S)N1CC2CCC1C2. The molecule has 0 spiro atoms. The van der Waals surface area contributed by atoms with Crippen molar-refractivity contribution < 1.29 is 0 Å². The Morgan fingerprint density at radius 3 is 2.79 bits per heavy atom. The maximum atomic E-state index is 5.41. The number of rotatable bonds is 2. The second kappa shape index (κ2) is 4.05. The first-order valence-corrected chi connectivity index (χ1v) is 6.12. The van der Waals surface area contributed by atoms with Crippen molar-refractivity contribution in [3.63, 3.8) is 0 Å². The van der Waals surface area contributed by atoms with Crippen LogP contribution in [0.4, 0.5) is 0 Å². The molecule has 14 heavy (non-hydrogen) atoms. The minimum atomic E-state index is 0.674. The van der Waals surface area contributed by atoms with Gasteiger partial charge in [-0.3, -0.25) is 0 Å². The molecule has 2 rings (SSSR count). The van der Waals surface area contributed by atoms with Gasteiger partial charge in [0.15, 0.2) is 5.11 Å². The maximum Gasteiger partial charge on any atom is 0.169 e. The van der Waals surface area contributed by atoms with E-state index in [-0.39, 0.29) is 0 Å². The lowest BCUT2D eigenvalue weighted by Gasteiger charge is -2.30. The van der Waals surface area contributed by atoms with Gasteiger partial charge in [-0.05, 0) is 43.3 Å². The average molecular weight is 212 g/mol. The zero-order valence-electron chi connectivity index (χ0n) is 9.12. The van der Waals surface area contributed by atoms with Crippen molar-refractivity contribution in [3.05, 3.63) is 0 Å². The molecule has 2 aliphatic rings. The van der Waals surface area contributed by atoms with Gasteiger partial charge in [0, 0.05) is 19.1 Å². The summed E-state index contributed by atoms with van der Waals surface area (Å²) in [6.07, 6.45) is 4.16. The summed E-state index contributed by atoms with van der Waals surface area (Å²) in [5.74, 6) is 1.60. The number of hydrogen-bond acceptors (Lipinski definition) is 1. The van der Waals surface area contributed by atoms with Crippen LogP contribution in [0.1, 0.15) is 33.1 Å². The summed E-state index contributed by atoms with van der Waals surface area (Å²) in [4.78, 5) is 2.41. The Morgan fingerprint density at radius 1 is 1.50 bits per heavy atom. The van der Waals surface area contributed by atoms with E-state index in [2.05, 4.69) is 24.1 Å². The number of likely N-dealkylation sites (tertiary alicyclic amines) is 1. The van der Waals surface area contributed by atoms with Gasteiger partial charge in [0.05, 0.1) is 0 Å². The summed E-state index contributed by atoms with van der Waals surface area (Å²) in [5.41, 5.74) is 0. The van der Waals surface area contributed by atoms with Gasteiger partial charge >= 0.3 is 0 Å². The predicted molar refractivity (Wildman–Crippen MR) is 63.3 cm³/mol. The Hall–Kier alpha value is -0.310. The first-order chi connectivity index (χ1) is 6.66. The topological polar surface area (TPSA) is 15.3 Å². The standard InChI is InChI=1S/C11H20N2S/c1-8(2)6-12-11(14)13-7-9-3-4-10(13)5-9/h8-10H,3-7H2,1-2H3,(H,12,14). The second-order valence-corrected chi connectivity index (χ2v) is 5.45. The van der Waals surface area contributed by atoms with E-state index in [1.54, 1.807) is 0 Å². The van der Waals surface area contributed by atoms with E-state index < -0.39 is 0 Å². The largest absolute Gasteiger partial charge is 0.362 e. The normalized spacial score (nSPS) is 30.1. The second-order valence-electron chi connectivity index (χ2n) is 5.07. The van der Waals surface area contributed by atoms with Crippen molar-refractivity contribution in [3.8, 4) is 0 Å². The van der Waals surface area contributed by atoms with Crippen molar-refractivity contribution in [2.24, 2.45) is 11.8 Å². The van der Waals surface area contributed by atoms with E-state index in [4.69, 9.17) is 12.2 Å². The lowest BCUT2D eigenvalue weighted by atomic mass is 10.1. The molecule has 0 aromatic heterocycles. The summed E-state index contributed by atoms with van der Waals surface area (Å²) in [6, 6.07) is 0.757. The van der Waals surface area contributed by atoms with Crippen LogP contribution in [0.5, 0.6) is 0 Å². The van der Waals surface area contributed by atoms with Crippen molar-refractivity contribution >= 4 is 17.3 Å². The Balaban J connectivity index is 1.81. The molecule has 1 N–H and O–H groups in total. The minimum absolute atomic E-state index is 0.674. The van der Waals surface area contributed by atoms with Crippen LogP contribution in [0.25, 0.3) is 0 Å². The molecule has 2 nitrogen and oxygen atoms in total. The van der Waals surface area contributed by atoms with Gasteiger partial charge in [0.1, 0.15) is 0 Å². The van der Waals surface area contributed by atoms with Gasteiger partial charge < -0.3 is 10.2 Å². The highest BCUT2D eigenvalue weighted by Gasteiger charge is 2.38. The van der Waals surface area contributed by atoms with Gasteiger partial charge in [-0.15, -0.1) is 0 Å². The fourth-order valence-electron chi connectivity index (χ4n) is 2.57. The zero-order chi connectivity index (χ0) is 10.1. The van der Waals surface area contributed by atoms with E-state index in [0.29, 0.717) is 5.92 Å². The van der Waals surface area contributed by atoms with E-state index in [0.717, 1.165) is 23.6 Å². The molecule has 0 amide bonds. The molecule has 2 bridgehead atoms. The highest BCUT2D eigenvalue weighted by atomic mass is 32.1. The highest BCUT2D eigenvalue weighted by Crippen LogP contribution is 2.37. The molecule has 0 aromatic rings. The van der Waals surface area contributed by atoms with Gasteiger partial charge in [0.25, 0.3) is 0 Å². The van der Waals surface area contributed by atoms with Gasteiger partial charge in [-0.1, -0.05) is 13.8 Å². The number of nitrogens with one attached hydrogen (secondary N) is 1. The molecule has 0 aromatic carbocycles. The van der Waals surface area contributed by atoms with Crippen LogP contribution in [0.3, 0.4) is 0 Å². The van der Waals surface area contributed by atoms with E-state index in [1.807, 2.05) is 0 Å². The number of thiocarbonyl (C=S) groups is 1. The predicted octanol–water partition coefficient (Wildman–Crippen LogP) is 2.00.